The number of nitrogens with one attached hydrogen (secondary N) is 2. The number of non-ortho nitro benzene ring substituents is 1. The van der Waals surface area contributed by atoms with Gasteiger partial charge in [-0.15, -0.1) is 0 Å². The number of benzene rings is 3. The smallest absolute Gasteiger partial charge is 0.271 e. The van der Waals surface area contributed by atoms with Crippen LogP contribution < -0.4 is 15.5 Å². The number of rotatable bonds is 8. The fourth-order valence-electron chi connectivity index (χ4n) is 2.84. The predicted octanol–water partition coefficient (Wildman–Crippen LogP) is 3.99. The average Bonchev–Trinajstić information content (AvgIpc) is 2.80. The summed E-state index contributed by atoms with van der Waals surface area (Å²) in [5.74, 6) is -0.411. The second kappa shape index (κ2) is 10.7. The van der Waals surface area contributed by atoms with E-state index in [9.17, 15) is 19.7 Å². The molecule has 0 aromatic heterocycles. The zero-order valence-corrected chi connectivity index (χ0v) is 18.1. The van der Waals surface area contributed by atoms with Crippen molar-refractivity contribution in [1.82, 2.24) is 5.43 Å². The number of aryl methyl sites for hydroxylation is 2. The number of nitro benzene ring substituents is 1. The third kappa shape index (κ3) is 6.73. The number of hydrogen-bond acceptors (Lipinski definition) is 6. The third-order valence-corrected chi connectivity index (χ3v) is 4.72. The molecule has 9 nitrogen and oxygen atoms in total. The first-order valence-corrected chi connectivity index (χ1v) is 9.99. The van der Waals surface area contributed by atoms with Gasteiger partial charge in [-0.3, -0.25) is 19.7 Å². The van der Waals surface area contributed by atoms with Crippen LogP contribution in [0.3, 0.4) is 0 Å². The van der Waals surface area contributed by atoms with Gasteiger partial charge in [0.05, 0.1) is 11.1 Å². The highest BCUT2D eigenvalue weighted by molar-refractivity contribution is 5.95. The molecule has 0 radical (unpaired) electrons. The van der Waals surface area contributed by atoms with Gasteiger partial charge in [-0.2, -0.15) is 5.10 Å². The van der Waals surface area contributed by atoms with Crippen LogP contribution in [-0.2, 0) is 4.79 Å². The second-order valence-corrected chi connectivity index (χ2v) is 7.21. The maximum absolute atomic E-state index is 12.2. The third-order valence-electron chi connectivity index (χ3n) is 4.72. The number of ether oxygens (including phenoxy) is 1. The van der Waals surface area contributed by atoms with Crippen molar-refractivity contribution >= 4 is 29.4 Å². The van der Waals surface area contributed by atoms with E-state index in [1.54, 1.807) is 24.3 Å². The second-order valence-electron chi connectivity index (χ2n) is 7.21. The van der Waals surface area contributed by atoms with Crippen molar-refractivity contribution in [2.24, 2.45) is 5.10 Å². The normalized spacial score (nSPS) is 10.6. The molecule has 3 aromatic carbocycles. The Morgan fingerprint density at radius 1 is 1.03 bits per heavy atom. The predicted molar refractivity (Wildman–Crippen MR) is 125 cm³/mol. The molecule has 33 heavy (non-hydrogen) atoms. The van der Waals surface area contributed by atoms with Gasteiger partial charge in [0.1, 0.15) is 5.75 Å². The molecule has 168 valence electrons. The summed E-state index contributed by atoms with van der Waals surface area (Å²) in [6.07, 6.45) is 1.40. The first kappa shape index (κ1) is 23.1. The van der Waals surface area contributed by atoms with Gasteiger partial charge in [-0.25, -0.2) is 5.43 Å². The highest BCUT2D eigenvalue weighted by atomic mass is 16.6. The lowest BCUT2D eigenvalue weighted by atomic mass is 10.1. The van der Waals surface area contributed by atoms with Gasteiger partial charge in [-0.1, -0.05) is 24.3 Å². The minimum atomic E-state index is -0.578. The number of carbonyl (C=O) groups excluding carboxylic acids is 2. The highest BCUT2D eigenvalue weighted by Crippen LogP contribution is 2.16. The lowest BCUT2D eigenvalue weighted by Gasteiger charge is -2.09. The van der Waals surface area contributed by atoms with Gasteiger partial charge < -0.3 is 10.1 Å². The minimum absolute atomic E-state index is 0.119. The molecule has 0 bridgehead atoms. The van der Waals surface area contributed by atoms with Crippen LogP contribution in [-0.4, -0.2) is 29.6 Å². The number of anilines is 1. The van der Waals surface area contributed by atoms with Crippen LogP contribution in [0.25, 0.3) is 0 Å². The van der Waals surface area contributed by atoms with Crippen LogP contribution in [0.5, 0.6) is 5.75 Å². The Morgan fingerprint density at radius 2 is 1.82 bits per heavy atom. The summed E-state index contributed by atoms with van der Waals surface area (Å²) in [5, 5.41) is 17.5. The van der Waals surface area contributed by atoms with E-state index in [1.807, 2.05) is 32.0 Å². The van der Waals surface area contributed by atoms with Crippen molar-refractivity contribution in [3.63, 3.8) is 0 Å². The van der Waals surface area contributed by atoms with E-state index < -0.39 is 10.8 Å². The fourth-order valence-corrected chi connectivity index (χ4v) is 2.84. The van der Waals surface area contributed by atoms with Crippen LogP contribution in [0, 0.1) is 24.0 Å². The molecular formula is C24H22N4O5. The van der Waals surface area contributed by atoms with E-state index in [0.29, 0.717) is 17.0 Å². The summed E-state index contributed by atoms with van der Waals surface area (Å²) < 4.78 is 5.54. The largest absolute Gasteiger partial charge is 0.484 e. The number of nitro groups is 1. The van der Waals surface area contributed by atoms with Crippen LogP contribution in [0.4, 0.5) is 11.4 Å². The molecule has 0 saturated carbocycles. The number of carbonyl (C=O) groups is 2. The Kier molecular flexibility index (Phi) is 7.48. The summed E-state index contributed by atoms with van der Waals surface area (Å²) >= 11 is 0. The van der Waals surface area contributed by atoms with Crippen LogP contribution in [0.1, 0.15) is 27.0 Å². The van der Waals surface area contributed by atoms with Crippen molar-refractivity contribution in [1.29, 1.82) is 0 Å². The summed E-state index contributed by atoms with van der Waals surface area (Å²) in [7, 11) is 0. The van der Waals surface area contributed by atoms with Crippen LogP contribution >= 0.6 is 0 Å². The standard InChI is InChI=1S/C24H22N4O5/c1-16-9-10-20(11-17(16)2)26-23(29)15-33-22-8-3-5-18(12-22)14-25-27-24(30)19-6-4-7-21(13-19)28(31)32/h3-14H,15H2,1-2H3,(H,26,29)(H,27,30). The molecule has 0 unspecified atom stereocenters. The van der Waals surface area contributed by atoms with Crippen LogP contribution in [0.2, 0.25) is 0 Å². The molecule has 0 aliphatic rings. The number of hydrazone groups is 1. The van der Waals surface area contributed by atoms with Crippen molar-refractivity contribution in [2.75, 3.05) is 11.9 Å². The number of amides is 2. The van der Waals surface area contributed by atoms with Gasteiger partial charge in [0, 0.05) is 23.4 Å². The van der Waals surface area contributed by atoms with E-state index in [2.05, 4.69) is 15.8 Å². The first-order chi connectivity index (χ1) is 15.8. The molecule has 0 atom stereocenters. The summed E-state index contributed by atoms with van der Waals surface area (Å²) in [6.45, 7) is 3.80. The SMILES string of the molecule is Cc1ccc(NC(=O)COc2cccc(C=NNC(=O)c3cccc([N+](=O)[O-])c3)c2)cc1C. The molecule has 0 fully saturated rings. The van der Waals surface area contributed by atoms with Gasteiger partial charge in [-0.05, 0) is 60.9 Å². The topological polar surface area (TPSA) is 123 Å². The lowest BCUT2D eigenvalue weighted by Crippen LogP contribution is -2.20. The Bertz CT molecular complexity index is 1220. The molecule has 2 amide bonds. The zero-order chi connectivity index (χ0) is 23.8. The van der Waals surface area contributed by atoms with Gasteiger partial charge >= 0.3 is 0 Å². The molecule has 3 aromatic rings. The van der Waals surface area contributed by atoms with Crippen molar-refractivity contribution < 1.29 is 19.2 Å². The zero-order valence-electron chi connectivity index (χ0n) is 18.1. The maximum atomic E-state index is 12.2. The first-order valence-electron chi connectivity index (χ1n) is 9.99. The number of nitrogens with zero attached hydrogens (tertiary/aromatic N) is 2. The van der Waals surface area contributed by atoms with Crippen molar-refractivity contribution in [3.05, 3.63) is 99.1 Å². The molecular weight excluding hydrogens is 424 g/mol. The quantitative estimate of drug-likeness (QED) is 0.308. The lowest BCUT2D eigenvalue weighted by molar-refractivity contribution is -0.384. The maximum Gasteiger partial charge on any atom is 0.271 e. The van der Waals surface area contributed by atoms with E-state index in [0.717, 1.165) is 11.1 Å². The molecule has 3 rings (SSSR count). The summed E-state index contributed by atoms with van der Waals surface area (Å²) in [4.78, 5) is 34.5. The minimum Gasteiger partial charge on any atom is -0.484 e. The highest BCUT2D eigenvalue weighted by Gasteiger charge is 2.10. The van der Waals surface area contributed by atoms with Gasteiger partial charge in [0.15, 0.2) is 6.61 Å². The summed E-state index contributed by atoms with van der Waals surface area (Å²) in [5.41, 5.74) is 5.81. The Morgan fingerprint density at radius 3 is 2.58 bits per heavy atom. The Hall–Kier alpha value is -4.53. The van der Waals surface area contributed by atoms with Gasteiger partial charge in [0.2, 0.25) is 0 Å². The molecule has 0 aliphatic carbocycles. The van der Waals surface area contributed by atoms with E-state index in [4.69, 9.17) is 4.74 Å². The van der Waals surface area contributed by atoms with Crippen molar-refractivity contribution in [2.45, 2.75) is 13.8 Å². The van der Waals surface area contributed by atoms with E-state index in [-0.39, 0.29) is 23.8 Å². The summed E-state index contributed by atoms with van der Waals surface area (Å²) in [6, 6.07) is 17.8. The average molecular weight is 446 g/mol. The van der Waals surface area contributed by atoms with Crippen LogP contribution in [0.15, 0.2) is 71.8 Å². The van der Waals surface area contributed by atoms with E-state index in [1.165, 1.54) is 30.5 Å². The fraction of sp³-hybridized carbons (Fsp3) is 0.125. The molecule has 9 heteroatoms. The van der Waals surface area contributed by atoms with Gasteiger partial charge in [0.25, 0.3) is 17.5 Å². The molecule has 0 heterocycles. The number of hydrogen-bond donors (Lipinski definition) is 2. The molecule has 0 saturated heterocycles. The van der Waals surface area contributed by atoms with Crippen molar-refractivity contribution in [3.8, 4) is 5.75 Å². The molecule has 2 N–H and O–H groups in total. The Balaban J connectivity index is 1.53. The molecule has 0 aliphatic heterocycles. The Labute approximate surface area is 190 Å². The van der Waals surface area contributed by atoms with E-state index >= 15 is 0 Å². The molecule has 0 spiro atoms. The monoisotopic (exact) mass is 446 g/mol.